The van der Waals surface area contributed by atoms with Crippen molar-refractivity contribution in [2.75, 3.05) is 18.9 Å². The Morgan fingerprint density at radius 3 is 2.27 bits per heavy atom. The molecule has 0 aliphatic carbocycles. The van der Waals surface area contributed by atoms with Gasteiger partial charge in [0.1, 0.15) is 0 Å². The number of unbranched alkanes of at least 4 members (excludes halogenated alkanes) is 2. The fourth-order valence-corrected chi connectivity index (χ4v) is 2.52. The molecule has 0 saturated heterocycles. The number of carbonyl (C=O) groups is 1. The molecule has 0 atom stereocenters. The lowest BCUT2D eigenvalue weighted by atomic mass is 9.92. The van der Waals surface area contributed by atoms with Crippen molar-refractivity contribution in [2.24, 2.45) is 5.73 Å². The molecule has 0 fully saturated rings. The lowest BCUT2D eigenvalue weighted by molar-refractivity contribution is 0.0501. The van der Waals surface area contributed by atoms with Gasteiger partial charge in [-0.1, -0.05) is 26.7 Å². The zero-order chi connectivity index (χ0) is 16.4. The van der Waals surface area contributed by atoms with Crippen LogP contribution in [0.5, 0.6) is 0 Å². The summed E-state index contributed by atoms with van der Waals surface area (Å²) in [6.07, 6.45) is 6.81. The van der Waals surface area contributed by atoms with Gasteiger partial charge in [0.25, 0.3) is 0 Å². The number of nitrogens with two attached hydrogens (primary N) is 2. The molecular formula is C18H30N2O2. The van der Waals surface area contributed by atoms with Crippen molar-refractivity contribution < 1.29 is 9.53 Å². The molecule has 0 amide bonds. The van der Waals surface area contributed by atoms with Crippen LogP contribution in [0, 0.1) is 0 Å². The van der Waals surface area contributed by atoms with Gasteiger partial charge in [0.2, 0.25) is 0 Å². The van der Waals surface area contributed by atoms with Crippen LogP contribution in [-0.4, -0.2) is 19.1 Å². The first-order valence-corrected chi connectivity index (χ1v) is 8.43. The second-order valence-electron chi connectivity index (χ2n) is 5.64. The van der Waals surface area contributed by atoms with E-state index >= 15 is 0 Å². The number of nitrogen functional groups attached to an aromatic ring is 1. The summed E-state index contributed by atoms with van der Waals surface area (Å²) in [5.74, 6) is -0.252. The van der Waals surface area contributed by atoms with E-state index in [1.807, 2.05) is 6.07 Å². The van der Waals surface area contributed by atoms with Crippen LogP contribution in [0.4, 0.5) is 5.69 Å². The van der Waals surface area contributed by atoms with E-state index in [0.717, 1.165) is 55.3 Å². The Labute approximate surface area is 134 Å². The maximum absolute atomic E-state index is 12.3. The number of benzene rings is 1. The molecule has 1 aromatic rings. The summed E-state index contributed by atoms with van der Waals surface area (Å²) in [6, 6.07) is 3.64. The summed E-state index contributed by atoms with van der Waals surface area (Å²) >= 11 is 0. The van der Waals surface area contributed by atoms with Gasteiger partial charge in [0, 0.05) is 5.69 Å². The van der Waals surface area contributed by atoms with Gasteiger partial charge in [-0.2, -0.15) is 0 Å². The Hall–Kier alpha value is -1.55. The topological polar surface area (TPSA) is 78.3 Å². The van der Waals surface area contributed by atoms with E-state index < -0.39 is 0 Å². The third-order valence-electron chi connectivity index (χ3n) is 3.83. The molecule has 1 rings (SSSR count). The Balaban J connectivity index is 3.04. The summed E-state index contributed by atoms with van der Waals surface area (Å²) in [7, 11) is 0. The standard InChI is InChI=1S/C18H30N2O2/c1-3-5-8-14-15(9-6-4-2)17(20)11-10-16(14)18(21)22-13-7-12-19/h10-11H,3-9,12-13,19-20H2,1-2H3. The predicted molar refractivity (Wildman–Crippen MR) is 92.0 cm³/mol. The van der Waals surface area contributed by atoms with Crippen LogP contribution in [0.25, 0.3) is 0 Å². The molecule has 4 N–H and O–H groups in total. The third kappa shape index (κ3) is 5.34. The Morgan fingerprint density at radius 1 is 1.05 bits per heavy atom. The number of rotatable bonds is 10. The van der Waals surface area contributed by atoms with Gasteiger partial charge in [0.15, 0.2) is 0 Å². The number of hydrogen-bond donors (Lipinski definition) is 2. The van der Waals surface area contributed by atoms with E-state index in [-0.39, 0.29) is 5.97 Å². The van der Waals surface area contributed by atoms with Crippen molar-refractivity contribution >= 4 is 11.7 Å². The second kappa shape index (κ2) is 10.2. The number of ether oxygens (including phenoxy) is 1. The van der Waals surface area contributed by atoms with Crippen molar-refractivity contribution in [1.82, 2.24) is 0 Å². The number of anilines is 1. The molecule has 0 aromatic heterocycles. The number of carbonyl (C=O) groups excluding carboxylic acids is 1. The molecule has 4 heteroatoms. The first-order valence-electron chi connectivity index (χ1n) is 8.43. The zero-order valence-electron chi connectivity index (χ0n) is 14.0. The van der Waals surface area contributed by atoms with Crippen molar-refractivity contribution in [3.05, 3.63) is 28.8 Å². The molecule has 0 saturated carbocycles. The highest BCUT2D eigenvalue weighted by Gasteiger charge is 2.17. The quantitative estimate of drug-likeness (QED) is 0.394. The normalized spacial score (nSPS) is 10.7. The van der Waals surface area contributed by atoms with Crippen LogP contribution in [-0.2, 0) is 17.6 Å². The minimum atomic E-state index is -0.252. The first-order chi connectivity index (χ1) is 10.7. The van der Waals surface area contributed by atoms with Crippen LogP contribution in [0.3, 0.4) is 0 Å². The summed E-state index contributed by atoms with van der Waals surface area (Å²) in [5, 5.41) is 0. The highest BCUT2D eigenvalue weighted by Crippen LogP contribution is 2.26. The van der Waals surface area contributed by atoms with Crippen molar-refractivity contribution in [3.8, 4) is 0 Å². The van der Waals surface area contributed by atoms with Gasteiger partial charge in [-0.15, -0.1) is 0 Å². The summed E-state index contributed by atoms with van der Waals surface area (Å²) in [6.45, 7) is 5.21. The lowest BCUT2D eigenvalue weighted by Crippen LogP contribution is -2.14. The smallest absolute Gasteiger partial charge is 0.338 e. The molecule has 0 spiro atoms. The molecule has 0 radical (unpaired) electrons. The molecule has 0 aliphatic rings. The van der Waals surface area contributed by atoms with Gasteiger partial charge in [0.05, 0.1) is 12.2 Å². The van der Waals surface area contributed by atoms with E-state index in [1.165, 1.54) is 0 Å². The fraction of sp³-hybridized carbons (Fsp3) is 0.611. The number of hydrogen-bond acceptors (Lipinski definition) is 4. The predicted octanol–water partition coefficient (Wildman–Crippen LogP) is 3.46. The van der Waals surface area contributed by atoms with Gasteiger partial charge in [-0.3, -0.25) is 0 Å². The second-order valence-corrected chi connectivity index (χ2v) is 5.64. The van der Waals surface area contributed by atoms with Crippen LogP contribution in [0.15, 0.2) is 12.1 Å². The van der Waals surface area contributed by atoms with E-state index in [1.54, 1.807) is 6.07 Å². The molecular weight excluding hydrogens is 276 g/mol. The maximum Gasteiger partial charge on any atom is 0.338 e. The lowest BCUT2D eigenvalue weighted by Gasteiger charge is -2.16. The monoisotopic (exact) mass is 306 g/mol. The van der Waals surface area contributed by atoms with Crippen molar-refractivity contribution in [3.63, 3.8) is 0 Å². The highest BCUT2D eigenvalue weighted by atomic mass is 16.5. The largest absolute Gasteiger partial charge is 0.462 e. The fourth-order valence-electron chi connectivity index (χ4n) is 2.52. The summed E-state index contributed by atoms with van der Waals surface area (Å²) < 4.78 is 5.33. The van der Waals surface area contributed by atoms with Crippen LogP contribution in [0.2, 0.25) is 0 Å². The molecule has 22 heavy (non-hydrogen) atoms. The Bertz CT molecular complexity index is 472. The van der Waals surface area contributed by atoms with Gasteiger partial charge >= 0.3 is 5.97 Å². The third-order valence-corrected chi connectivity index (χ3v) is 3.83. The SMILES string of the molecule is CCCCc1c(N)ccc(C(=O)OCCCN)c1CCCC. The van der Waals surface area contributed by atoms with Gasteiger partial charge < -0.3 is 16.2 Å². The van der Waals surface area contributed by atoms with Gasteiger partial charge in [-0.05, 0) is 61.9 Å². The van der Waals surface area contributed by atoms with Crippen LogP contribution in [0.1, 0.15) is 67.4 Å². The van der Waals surface area contributed by atoms with Crippen molar-refractivity contribution in [1.29, 1.82) is 0 Å². The van der Waals surface area contributed by atoms with Crippen molar-refractivity contribution in [2.45, 2.75) is 58.8 Å². The average molecular weight is 306 g/mol. The minimum absolute atomic E-state index is 0.252. The minimum Gasteiger partial charge on any atom is -0.462 e. The number of esters is 1. The average Bonchev–Trinajstić information content (AvgIpc) is 2.52. The van der Waals surface area contributed by atoms with E-state index in [4.69, 9.17) is 16.2 Å². The summed E-state index contributed by atoms with van der Waals surface area (Å²) in [5.41, 5.74) is 15.3. The van der Waals surface area contributed by atoms with E-state index in [9.17, 15) is 4.79 Å². The molecule has 1 aromatic carbocycles. The van der Waals surface area contributed by atoms with Crippen LogP contribution < -0.4 is 11.5 Å². The molecule has 4 nitrogen and oxygen atoms in total. The van der Waals surface area contributed by atoms with E-state index in [2.05, 4.69) is 13.8 Å². The van der Waals surface area contributed by atoms with Gasteiger partial charge in [-0.25, -0.2) is 4.79 Å². The molecule has 0 aliphatic heterocycles. The van der Waals surface area contributed by atoms with E-state index in [0.29, 0.717) is 25.1 Å². The zero-order valence-corrected chi connectivity index (χ0v) is 14.0. The maximum atomic E-state index is 12.3. The molecule has 124 valence electrons. The summed E-state index contributed by atoms with van der Waals surface area (Å²) in [4.78, 5) is 12.3. The molecule has 0 unspecified atom stereocenters. The molecule has 0 bridgehead atoms. The Kier molecular flexibility index (Phi) is 8.60. The highest BCUT2D eigenvalue weighted by molar-refractivity contribution is 5.92. The Morgan fingerprint density at radius 2 is 1.68 bits per heavy atom. The van der Waals surface area contributed by atoms with Crippen LogP contribution >= 0.6 is 0 Å². The first kappa shape index (κ1) is 18.5. The molecule has 0 heterocycles.